The van der Waals surface area contributed by atoms with E-state index in [1.165, 1.54) is 11.1 Å². The van der Waals surface area contributed by atoms with Crippen LogP contribution >= 0.6 is 11.8 Å². The first-order chi connectivity index (χ1) is 9.75. The highest BCUT2D eigenvalue weighted by molar-refractivity contribution is 7.99. The van der Waals surface area contributed by atoms with Crippen LogP contribution in [0.15, 0.2) is 24.3 Å². The van der Waals surface area contributed by atoms with Gasteiger partial charge in [-0.1, -0.05) is 24.3 Å². The number of hydrogen-bond acceptors (Lipinski definition) is 4. The first kappa shape index (κ1) is 13.9. The molecule has 0 radical (unpaired) electrons. The van der Waals surface area contributed by atoms with E-state index in [0.29, 0.717) is 19.7 Å². The van der Waals surface area contributed by atoms with Crippen LogP contribution in [0, 0.1) is 6.92 Å². The normalized spacial score (nSPS) is 26.8. The second-order valence-corrected chi connectivity index (χ2v) is 6.30. The molecule has 2 fully saturated rings. The summed E-state index contributed by atoms with van der Waals surface area (Å²) in [7, 11) is 0. The van der Waals surface area contributed by atoms with Gasteiger partial charge in [0.15, 0.2) is 0 Å². The molecule has 0 aromatic heterocycles. The summed E-state index contributed by atoms with van der Waals surface area (Å²) in [4.78, 5) is 14.4. The maximum Gasteiger partial charge on any atom is 0.240 e. The topological polar surface area (TPSA) is 41.6 Å². The SMILES string of the molecule is Cc1ccccc1[C@H]1CN(C(=O)[C@H]2CSCN2)CCO1. The van der Waals surface area contributed by atoms with Crippen LogP contribution in [-0.4, -0.2) is 48.2 Å². The number of amides is 1. The number of rotatable bonds is 2. The van der Waals surface area contributed by atoms with Crippen LogP contribution in [0.3, 0.4) is 0 Å². The molecule has 20 heavy (non-hydrogen) atoms. The molecule has 4 nitrogen and oxygen atoms in total. The molecule has 108 valence electrons. The van der Waals surface area contributed by atoms with E-state index >= 15 is 0 Å². The number of thioether (sulfide) groups is 1. The molecule has 1 amide bonds. The Labute approximate surface area is 123 Å². The zero-order valence-corrected chi connectivity index (χ0v) is 12.5. The van der Waals surface area contributed by atoms with Gasteiger partial charge in [-0.3, -0.25) is 10.1 Å². The van der Waals surface area contributed by atoms with Gasteiger partial charge in [-0.25, -0.2) is 0 Å². The van der Waals surface area contributed by atoms with Gasteiger partial charge in [-0.15, -0.1) is 11.8 Å². The van der Waals surface area contributed by atoms with Crippen molar-refractivity contribution in [3.05, 3.63) is 35.4 Å². The van der Waals surface area contributed by atoms with E-state index in [0.717, 1.165) is 11.6 Å². The van der Waals surface area contributed by atoms with Crippen molar-refractivity contribution in [1.29, 1.82) is 0 Å². The number of carbonyl (C=O) groups is 1. The Kier molecular flexibility index (Phi) is 4.29. The molecule has 1 N–H and O–H groups in total. The summed E-state index contributed by atoms with van der Waals surface area (Å²) in [5.74, 6) is 1.98. The number of hydrogen-bond donors (Lipinski definition) is 1. The van der Waals surface area contributed by atoms with Crippen molar-refractivity contribution >= 4 is 17.7 Å². The third kappa shape index (κ3) is 2.85. The lowest BCUT2D eigenvalue weighted by atomic mass is 10.0. The smallest absolute Gasteiger partial charge is 0.240 e. The van der Waals surface area contributed by atoms with E-state index < -0.39 is 0 Å². The van der Waals surface area contributed by atoms with Crippen LogP contribution in [0.1, 0.15) is 17.2 Å². The Morgan fingerprint density at radius 2 is 2.30 bits per heavy atom. The Morgan fingerprint density at radius 3 is 3.05 bits per heavy atom. The number of ether oxygens (including phenoxy) is 1. The van der Waals surface area contributed by atoms with Gasteiger partial charge in [0.05, 0.1) is 19.2 Å². The fraction of sp³-hybridized carbons (Fsp3) is 0.533. The fourth-order valence-corrected chi connectivity index (χ4v) is 3.69. The molecule has 2 heterocycles. The summed E-state index contributed by atoms with van der Waals surface area (Å²) in [5.41, 5.74) is 2.42. The van der Waals surface area contributed by atoms with Gasteiger partial charge >= 0.3 is 0 Å². The van der Waals surface area contributed by atoms with Crippen LogP contribution in [0.25, 0.3) is 0 Å². The Balaban J connectivity index is 1.70. The van der Waals surface area contributed by atoms with Crippen molar-refractivity contribution in [2.45, 2.75) is 19.1 Å². The van der Waals surface area contributed by atoms with Crippen LogP contribution in [0.5, 0.6) is 0 Å². The highest BCUT2D eigenvalue weighted by Gasteiger charge is 2.31. The summed E-state index contributed by atoms with van der Waals surface area (Å²) in [6.45, 7) is 4.07. The molecule has 3 rings (SSSR count). The monoisotopic (exact) mass is 292 g/mol. The fourth-order valence-electron chi connectivity index (χ4n) is 2.76. The van der Waals surface area contributed by atoms with Gasteiger partial charge in [-0.05, 0) is 18.1 Å². The van der Waals surface area contributed by atoms with E-state index in [1.54, 1.807) is 11.8 Å². The minimum Gasteiger partial charge on any atom is -0.370 e. The van der Waals surface area contributed by atoms with Crippen LogP contribution in [0.2, 0.25) is 0 Å². The molecule has 2 aliphatic rings. The first-order valence-corrected chi connectivity index (χ1v) is 8.18. The molecule has 0 spiro atoms. The summed E-state index contributed by atoms with van der Waals surface area (Å²) in [5, 5.41) is 3.25. The Hall–Kier alpha value is -1.04. The molecule has 0 bridgehead atoms. The third-order valence-electron chi connectivity index (χ3n) is 3.93. The van der Waals surface area contributed by atoms with Gasteiger partial charge in [0, 0.05) is 18.2 Å². The van der Waals surface area contributed by atoms with Gasteiger partial charge < -0.3 is 9.64 Å². The quantitative estimate of drug-likeness (QED) is 0.898. The van der Waals surface area contributed by atoms with E-state index in [-0.39, 0.29) is 18.1 Å². The molecule has 0 saturated carbocycles. The standard InChI is InChI=1S/C15H20N2O2S/c1-11-4-2-3-5-12(11)14-8-17(6-7-19-14)15(18)13-9-20-10-16-13/h2-5,13-14,16H,6-10H2,1H3/t13-,14-/m1/s1. The lowest BCUT2D eigenvalue weighted by Crippen LogP contribution is -2.50. The molecule has 5 heteroatoms. The molecule has 2 aliphatic heterocycles. The van der Waals surface area contributed by atoms with E-state index in [2.05, 4.69) is 24.4 Å². The van der Waals surface area contributed by atoms with Gasteiger partial charge in [-0.2, -0.15) is 0 Å². The van der Waals surface area contributed by atoms with Gasteiger partial charge in [0.1, 0.15) is 6.10 Å². The number of nitrogens with one attached hydrogen (secondary N) is 1. The van der Waals surface area contributed by atoms with Crippen molar-refractivity contribution in [1.82, 2.24) is 10.2 Å². The highest BCUT2D eigenvalue weighted by Crippen LogP contribution is 2.25. The van der Waals surface area contributed by atoms with Crippen molar-refractivity contribution < 1.29 is 9.53 Å². The zero-order valence-electron chi connectivity index (χ0n) is 11.7. The molecule has 1 aromatic rings. The molecule has 2 atom stereocenters. The second kappa shape index (κ2) is 6.16. The summed E-state index contributed by atoms with van der Waals surface area (Å²) >= 11 is 1.78. The Bertz CT molecular complexity index is 489. The number of carbonyl (C=O) groups excluding carboxylic acids is 1. The second-order valence-electron chi connectivity index (χ2n) is 5.27. The van der Waals surface area contributed by atoms with Crippen molar-refractivity contribution in [2.24, 2.45) is 0 Å². The van der Waals surface area contributed by atoms with Crippen molar-refractivity contribution in [3.63, 3.8) is 0 Å². The molecular formula is C15H20N2O2S. The maximum atomic E-state index is 12.5. The molecule has 0 aliphatic carbocycles. The van der Waals surface area contributed by atoms with Gasteiger partial charge in [0.25, 0.3) is 0 Å². The number of aryl methyl sites for hydroxylation is 1. The maximum absolute atomic E-state index is 12.5. The minimum absolute atomic E-state index is 0.00274. The predicted molar refractivity (Wildman–Crippen MR) is 80.7 cm³/mol. The lowest BCUT2D eigenvalue weighted by molar-refractivity contribution is -0.140. The lowest BCUT2D eigenvalue weighted by Gasteiger charge is -2.35. The summed E-state index contributed by atoms with van der Waals surface area (Å²) in [6.07, 6.45) is 0.00274. The molecule has 0 unspecified atom stereocenters. The molecule has 2 saturated heterocycles. The van der Waals surface area contributed by atoms with E-state index in [9.17, 15) is 4.79 Å². The molecule has 1 aromatic carbocycles. The van der Waals surface area contributed by atoms with Crippen molar-refractivity contribution in [3.8, 4) is 0 Å². The van der Waals surface area contributed by atoms with Crippen LogP contribution in [-0.2, 0) is 9.53 Å². The zero-order chi connectivity index (χ0) is 13.9. The first-order valence-electron chi connectivity index (χ1n) is 7.03. The number of morpholine rings is 1. The Morgan fingerprint density at radius 1 is 1.45 bits per heavy atom. The van der Waals surface area contributed by atoms with E-state index in [4.69, 9.17) is 4.74 Å². The van der Waals surface area contributed by atoms with Crippen LogP contribution < -0.4 is 5.32 Å². The average molecular weight is 292 g/mol. The number of benzene rings is 1. The highest BCUT2D eigenvalue weighted by atomic mass is 32.2. The summed E-state index contributed by atoms with van der Waals surface area (Å²) in [6, 6.07) is 8.23. The number of nitrogens with zero attached hydrogens (tertiary/aromatic N) is 1. The molecular weight excluding hydrogens is 272 g/mol. The summed E-state index contributed by atoms with van der Waals surface area (Å²) < 4.78 is 5.87. The third-order valence-corrected chi connectivity index (χ3v) is 4.87. The largest absolute Gasteiger partial charge is 0.370 e. The predicted octanol–water partition coefficient (Wildman–Crippen LogP) is 1.56. The minimum atomic E-state index is -0.0179. The van der Waals surface area contributed by atoms with E-state index in [1.807, 2.05) is 17.0 Å². The van der Waals surface area contributed by atoms with Gasteiger partial charge in [0.2, 0.25) is 5.91 Å². The van der Waals surface area contributed by atoms with Crippen molar-refractivity contribution in [2.75, 3.05) is 31.3 Å². The average Bonchev–Trinajstić information content (AvgIpc) is 3.01. The van der Waals surface area contributed by atoms with Crippen LogP contribution in [0.4, 0.5) is 0 Å².